The van der Waals surface area contributed by atoms with E-state index in [4.69, 9.17) is 4.98 Å². The molecule has 0 bridgehead atoms. The van der Waals surface area contributed by atoms with Gasteiger partial charge >= 0.3 is 0 Å². The minimum atomic E-state index is -3.51. The van der Waals surface area contributed by atoms with Gasteiger partial charge < -0.3 is 15.1 Å². The molecular formula is C23H32N6O3S. The highest BCUT2D eigenvalue weighted by molar-refractivity contribution is 7.89. The van der Waals surface area contributed by atoms with Crippen LogP contribution < -0.4 is 19.8 Å². The lowest BCUT2D eigenvalue weighted by atomic mass is 10.0. The molecule has 33 heavy (non-hydrogen) atoms. The maximum Gasteiger partial charge on any atom is 0.249 e. The van der Waals surface area contributed by atoms with Gasteiger partial charge in [-0.2, -0.15) is 4.98 Å². The van der Waals surface area contributed by atoms with E-state index < -0.39 is 10.0 Å². The Balaban J connectivity index is 1.61. The molecule has 0 saturated heterocycles. The Kier molecular flexibility index (Phi) is 6.85. The number of anilines is 4. The minimum Gasteiger partial charge on any atom is -0.340 e. The van der Waals surface area contributed by atoms with Crippen LogP contribution in [0.3, 0.4) is 0 Å². The van der Waals surface area contributed by atoms with Gasteiger partial charge in [-0.25, -0.2) is 18.1 Å². The molecule has 1 atom stereocenters. The van der Waals surface area contributed by atoms with E-state index in [1.54, 1.807) is 42.4 Å². The number of carbonyl (C=O) groups is 1. The van der Waals surface area contributed by atoms with Crippen LogP contribution in [0.4, 0.5) is 23.1 Å². The number of rotatable bonds is 8. The first kappa shape index (κ1) is 23.4. The number of likely N-dealkylation sites (N-methyl/N-ethyl adjacent to an activating group) is 1. The average molecular weight is 473 g/mol. The molecule has 2 aliphatic rings. The molecule has 2 N–H and O–H groups in total. The average Bonchev–Trinajstić information content (AvgIpc) is 3.34. The first-order valence-electron chi connectivity index (χ1n) is 11.7. The van der Waals surface area contributed by atoms with Gasteiger partial charge in [0.05, 0.1) is 11.1 Å². The third kappa shape index (κ3) is 4.67. The Hall–Kier alpha value is -2.72. The van der Waals surface area contributed by atoms with Gasteiger partial charge in [0.15, 0.2) is 5.82 Å². The second-order valence-electron chi connectivity index (χ2n) is 8.62. The summed E-state index contributed by atoms with van der Waals surface area (Å²) in [5.41, 5.74) is 1.40. The van der Waals surface area contributed by atoms with Gasteiger partial charge in [-0.1, -0.05) is 26.7 Å². The van der Waals surface area contributed by atoms with Crippen molar-refractivity contribution in [2.24, 2.45) is 0 Å². The number of hydrogen-bond acceptors (Lipinski definition) is 7. The quantitative estimate of drug-likeness (QED) is 0.606. The molecule has 1 fully saturated rings. The number of fused-ring (bicyclic) bond motifs is 1. The summed E-state index contributed by atoms with van der Waals surface area (Å²) in [6, 6.07) is 6.58. The summed E-state index contributed by atoms with van der Waals surface area (Å²) in [5.74, 6) is 1.26. The number of aromatic nitrogens is 2. The third-order valence-electron chi connectivity index (χ3n) is 6.37. The summed E-state index contributed by atoms with van der Waals surface area (Å²) in [6.07, 6.45) is 7.57. The Morgan fingerprint density at radius 3 is 2.45 bits per heavy atom. The van der Waals surface area contributed by atoms with Crippen molar-refractivity contribution < 1.29 is 13.2 Å². The van der Waals surface area contributed by atoms with E-state index in [0.717, 1.165) is 37.9 Å². The van der Waals surface area contributed by atoms with Crippen molar-refractivity contribution in [2.75, 3.05) is 28.7 Å². The van der Waals surface area contributed by atoms with Crippen LogP contribution in [-0.2, 0) is 14.8 Å². The van der Waals surface area contributed by atoms with E-state index in [-0.39, 0.29) is 16.8 Å². The highest BCUT2D eigenvalue weighted by atomic mass is 32.2. The molecule has 1 aliphatic carbocycles. The number of nitrogens with zero attached hydrogens (tertiary/aromatic N) is 4. The SMILES string of the molecule is CCCNS(=O)(=O)c1ccc(Nc2ncc3c(n2)N(C2CCCC2)[C@H](CC)C(=O)N3C)cc1. The van der Waals surface area contributed by atoms with Gasteiger partial charge in [-0.15, -0.1) is 0 Å². The molecule has 0 radical (unpaired) electrons. The largest absolute Gasteiger partial charge is 0.340 e. The lowest BCUT2D eigenvalue weighted by Crippen LogP contribution is -2.55. The highest BCUT2D eigenvalue weighted by Crippen LogP contribution is 2.40. The summed E-state index contributed by atoms with van der Waals surface area (Å²) in [4.78, 5) is 26.3. The number of hydrogen-bond donors (Lipinski definition) is 2. The first-order valence-corrected chi connectivity index (χ1v) is 13.1. The number of amides is 1. The van der Waals surface area contributed by atoms with Crippen LogP contribution >= 0.6 is 0 Å². The predicted octanol–water partition coefficient (Wildman–Crippen LogP) is 3.41. The normalized spacial score (nSPS) is 19.1. The zero-order chi connectivity index (χ0) is 23.6. The van der Waals surface area contributed by atoms with Crippen LogP contribution in [-0.4, -0.2) is 50.0 Å². The van der Waals surface area contributed by atoms with Gasteiger partial charge in [0.2, 0.25) is 21.9 Å². The van der Waals surface area contributed by atoms with Gasteiger partial charge in [-0.05, 0) is 49.9 Å². The van der Waals surface area contributed by atoms with Crippen molar-refractivity contribution in [1.82, 2.24) is 14.7 Å². The standard InChI is InChI=1S/C23H32N6O3S/c1-4-14-25-33(31,32)18-12-10-16(11-13-18)26-23-24-15-20-21(27-23)29(17-8-6-7-9-17)19(5-2)22(30)28(20)3/h10-13,15,17,19,25H,4-9,14H2,1-3H3,(H,24,26,27)/t19-/m1/s1. The van der Waals surface area contributed by atoms with E-state index in [2.05, 4.69) is 19.9 Å². The molecule has 1 aromatic heterocycles. The molecule has 1 aromatic carbocycles. The fourth-order valence-corrected chi connectivity index (χ4v) is 5.74. The van der Waals surface area contributed by atoms with Crippen LogP contribution in [0.1, 0.15) is 52.4 Å². The fraction of sp³-hybridized carbons (Fsp3) is 0.522. The fourth-order valence-electron chi connectivity index (χ4n) is 4.61. The molecule has 1 amide bonds. The van der Waals surface area contributed by atoms with E-state index in [1.807, 2.05) is 13.8 Å². The van der Waals surface area contributed by atoms with E-state index in [1.165, 1.54) is 0 Å². The summed E-state index contributed by atoms with van der Waals surface area (Å²) in [5, 5.41) is 3.18. The predicted molar refractivity (Wildman–Crippen MR) is 129 cm³/mol. The monoisotopic (exact) mass is 472 g/mol. The van der Waals surface area contributed by atoms with E-state index >= 15 is 0 Å². The molecule has 0 spiro atoms. The maximum atomic E-state index is 13.0. The van der Waals surface area contributed by atoms with Crippen molar-refractivity contribution in [3.8, 4) is 0 Å². The second-order valence-corrected chi connectivity index (χ2v) is 10.4. The number of nitrogens with one attached hydrogen (secondary N) is 2. The number of sulfonamides is 1. The van der Waals surface area contributed by atoms with Crippen molar-refractivity contribution in [3.63, 3.8) is 0 Å². The highest BCUT2D eigenvalue weighted by Gasteiger charge is 2.41. The molecule has 1 saturated carbocycles. The Morgan fingerprint density at radius 2 is 1.82 bits per heavy atom. The van der Waals surface area contributed by atoms with Crippen LogP contribution in [0, 0.1) is 0 Å². The van der Waals surface area contributed by atoms with Gasteiger partial charge in [0, 0.05) is 25.3 Å². The zero-order valence-electron chi connectivity index (χ0n) is 19.4. The lowest BCUT2D eigenvalue weighted by Gasteiger charge is -2.43. The summed E-state index contributed by atoms with van der Waals surface area (Å²) < 4.78 is 27.2. The lowest BCUT2D eigenvalue weighted by molar-refractivity contribution is -0.120. The summed E-state index contributed by atoms with van der Waals surface area (Å²) in [7, 11) is -1.74. The maximum absolute atomic E-state index is 13.0. The molecule has 2 aromatic rings. The van der Waals surface area contributed by atoms with E-state index in [0.29, 0.717) is 36.3 Å². The molecule has 0 unspecified atom stereocenters. The van der Waals surface area contributed by atoms with Crippen molar-refractivity contribution >= 4 is 39.1 Å². The first-order chi connectivity index (χ1) is 15.9. The van der Waals surface area contributed by atoms with Crippen LogP contribution in [0.5, 0.6) is 0 Å². The molecule has 178 valence electrons. The Morgan fingerprint density at radius 1 is 1.12 bits per heavy atom. The summed E-state index contributed by atoms with van der Waals surface area (Å²) in [6.45, 7) is 4.35. The van der Waals surface area contributed by atoms with Gasteiger partial charge in [0.25, 0.3) is 0 Å². The number of carbonyl (C=O) groups excluding carboxylic acids is 1. The van der Waals surface area contributed by atoms with Crippen LogP contribution in [0.2, 0.25) is 0 Å². The molecule has 4 rings (SSSR count). The van der Waals surface area contributed by atoms with Gasteiger partial charge in [-0.3, -0.25) is 4.79 Å². The number of benzene rings is 1. The minimum absolute atomic E-state index is 0.0784. The molecule has 2 heterocycles. The molecule has 9 nitrogen and oxygen atoms in total. The Labute approximate surface area is 195 Å². The van der Waals surface area contributed by atoms with Crippen molar-refractivity contribution in [2.45, 2.75) is 69.4 Å². The second kappa shape index (κ2) is 9.64. The van der Waals surface area contributed by atoms with Crippen LogP contribution in [0.25, 0.3) is 0 Å². The van der Waals surface area contributed by atoms with E-state index in [9.17, 15) is 13.2 Å². The molecule has 1 aliphatic heterocycles. The smallest absolute Gasteiger partial charge is 0.249 e. The van der Waals surface area contributed by atoms with Crippen LogP contribution in [0.15, 0.2) is 35.4 Å². The topological polar surface area (TPSA) is 108 Å². The zero-order valence-corrected chi connectivity index (χ0v) is 20.2. The van der Waals surface area contributed by atoms with Gasteiger partial charge in [0.1, 0.15) is 11.7 Å². The molecule has 10 heteroatoms. The Bertz CT molecular complexity index is 1100. The molecular weight excluding hydrogens is 440 g/mol. The van der Waals surface area contributed by atoms with Crippen molar-refractivity contribution in [3.05, 3.63) is 30.5 Å². The third-order valence-corrected chi connectivity index (χ3v) is 7.85. The van der Waals surface area contributed by atoms with Crippen molar-refractivity contribution in [1.29, 1.82) is 0 Å². The summed E-state index contributed by atoms with van der Waals surface area (Å²) >= 11 is 0.